The molecule has 18 heavy (non-hydrogen) atoms. The minimum absolute atomic E-state index is 0.194. The number of ether oxygens (including phenoxy) is 1. The van der Waals surface area contributed by atoms with E-state index in [2.05, 4.69) is 10.1 Å². The van der Waals surface area contributed by atoms with Crippen molar-refractivity contribution in [1.29, 1.82) is 0 Å². The van der Waals surface area contributed by atoms with Gasteiger partial charge in [0.25, 0.3) is 0 Å². The maximum Gasteiger partial charge on any atom is 0.243 e. The fourth-order valence-corrected chi connectivity index (χ4v) is 1.48. The molecule has 6 heteroatoms. The molecule has 6 nitrogen and oxygen atoms in total. The van der Waals surface area contributed by atoms with E-state index in [-0.39, 0.29) is 11.8 Å². The first-order chi connectivity index (χ1) is 8.70. The van der Waals surface area contributed by atoms with Crippen LogP contribution >= 0.6 is 0 Å². The lowest BCUT2D eigenvalue weighted by molar-refractivity contribution is 0.182. The first-order valence-electron chi connectivity index (χ1n) is 5.58. The number of aromatic hydroxyl groups is 1. The molecule has 0 aliphatic rings. The minimum Gasteiger partial charge on any atom is -0.508 e. The number of phenolic OH excluding ortho intramolecular Hbond substituents is 1. The number of rotatable bonds is 5. The Balaban J connectivity index is 2.12. The highest BCUT2D eigenvalue weighted by Crippen LogP contribution is 2.21. The van der Waals surface area contributed by atoms with E-state index < -0.39 is 0 Å². The van der Waals surface area contributed by atoms with Gasteiger partial charge in [-0.25, -0.2) is 0 Å². The van der Waals surface area contributed by atoms with Crippen LogP contribution in [0.2, 0.25) is 0 Å². The van der Waals surface area contributed by atoms with Gasteiger partial charge in [0.1, 0.15) is 5.75 Å². The molecule has 1 heterocycles. The van der Waals surface area contributed by atoms with Crippen LogP contribution in [0.4, 0.5) is 0 Å². The highest BCUT2D eigenvalue weighted by Gasteiger charge is 2.15. The molecule has 0 amide bonds. The van der Waals surface area contributed by atoms with E-state index in [1.165, 1.54) is 0 Å². The Kier molecular flexibility index (Phi) is 3.91. The average molecular weight is 249 g/mol. The summed E-state index contributed by atoms with van der Waals surface area (Å²) < 4.78 is 10.0. The number of nitrogens with zero attached hydrogens (tertiary/aromatic N) is 2. The molecule has 0 spiro atoms. The largest absolute Gasteiger partial charge is 0.508 e. The van der Waals surface area contributed by atoms with Crippen molar-refractivity contribution in [1.82, 2.24) is 10.1 Å². The van der Waals surface area contributed by atoms with E-state index >= 15 is 0 Å². The number of hydrogen-bond donors (Lipinski definition) is 2. The van der Waals surface area contributed by atoms with Crippen LogP contribution in [0.1, 0.15) is 18.4 Å². The Morgan fingerprint density at radius 2 is 2.11 bits per heavy atom. The molecule has 1 aromatic heterocycles. The van der Waals surface area contributed by atoms with E-state index in [9.17, 15) is 5.11 Å². The van der Waals surface area contributed by atoms with Gasteiger partial charge < -0.3 is 20.1 Å². The van der Waals surface area contributed by atoms with E-state index in [0.717, 1.165) is 5.56 Å². The molecule has 1 aromatic carbocycles. The SMILES string of the molecule is COCCC(N)c1nc(-c2ccc(O)cc2)no1. The van der Waals surface area contributed by atoms with Gasteiger partial charge in [-0.3, -0.25) is 0 Å². The van der Waals surface area contributed by atoms with Gasteiger partial charge in [-0.1, -0.05) is 5.16 Å². The van der Waals surface area contributed by atoms with Crippen LogP contribution in [0.15, 0.2) is 28.8 Å². The predicted octanol–water partition coefficient (Wildman–Crippen LogP) is 1.48. The molecule has 0 aliphatic heterocycles. The predicted molar refractivity (Wildman–Crippen MR) is 64.8 cm³/mol. The van der Waals surface area contributed by atoms with Gasteiger partial charge in [-0.15, -0.1) is 0 Å². The summed E-state index contributed by atoms with van der Waals surface area (Å²) >= 11 is 0. The highest BCUT2D eigenvalue weighted by molar-refractivity contribution is 5.55. The van der Waals surface area contributed by atoms with Crippen molar-refractivity contribution in [3.8, 4) is 17.1 Å². The quantitative estimate of drug-likeness (QED) is 0.833. The van der Waals surface area contributed by atoms with Crippen LogP contribution in [0.25, 0.3) is 11.4 Å². The zero-order valence-corrected chi connectivity index (χ0v) is 10.0. The molecular formula is C12H15N3O3. The third kappa shape index (κ3) is 2.85. The summed E-state index contributed by atoms with van der Waals surface area (Å²) in [6, 6.07) is 6.23. The second-order valence-corrected chi connectivity index (χ2v) is 3.89. The average Bonchev–Trinajstić information content (AvgIpc) is 2.86. The van der Waals surface area contributed by atoms with Gasteiger partial charge >= 0.3 is 0 Å². The Bertz CT molecular complexity index is 496. The second kappa shape index (κ2) is 5.61. The molecule has 0 fully saturated rings. The first-order valence-corrected chi connectivity index (χ1v) is 5.58. The van der Waals surface area contributed by atoms with Crippen molar-refractivity contribution in [2.24, 2.45) is 5.73 Å². The summed E-state index contributed by atoms with van der Waals surface area (Å²) in [7, 11) is 1.61. The maximum atomic E-state index is 9.20. The van der Waals surface area contributed by atoms with Gasteiger partial charge in [0.2, 0.25) is 11.7 Å². The molecule has 0 saturated heterocycles. The lowest BCUT2D eigenvalue weighted by Gasteiger charge is -2.04. The first kappa shape index (κ1) is 12.5. The normalized spacial score (nSPS) is 12.6. The monoisotopic (exact) mass is 249 g/mol. The van der Waals surface area contributed by atoms with Crippen molar-refractivity contribution in [3.05, 3.63) is 30.2 Å². The molecule has 3 N–H and O–H groups in total. The minimum atomic E-state index is -0.330. The Morgan fingerprint density at radius 1 is 1.39 bits per heavy atom. The van der Waals surface area contributed by atoms with Crippen molar-refractivity contribution in [2.75, 3.05) is 13.7 Å². The van der Waals surface area contributed by atoms with Gasteiger partial charge in [0.15, 0.2) is 0 Å². The molecule has 96 valence electrons. The van der Waals surface area contributed by atoms with E-state index in [0.29, 0.717) is 24.7 Å². The fourth-order valence-electron chi connectivity index (χ4n) is 1.48. The van der Waals surface area contributed by atoms with Crippen LogP contribution in [-0.4, -0.2) is 29.0 Å². The summed E-state index contributed by atoms with van der Waals surface area (Å²) in [4.78, 5) is 4.22. The smallest absolute Gasteiger partial charge is 0.243 e. The van der Waals surface area contributed by atoms with Crippen LogP contribution in [0.3, 0.4) is 0 Å². The molecule has 2 rings (SSSR count). The molecule has 1 atom stereocenters. The van der Waals surface area contributed by atoms with Gasteiger partial charge in [0, 0.05) is 19.3 Å². The van der Waals surface area contributed by atoms with E-state index in [1.807, 2.05) is 0 Å². The lowest BCUT2D eigenvalue weighted by atomic mass is 10.2. The van der Waals surface area contributed by atoms with Crippen LogP contribution in [0, 0.1) is 0 Å². The van der Waals surface area contributed by atoms with Crippen molar-refractivity contribution in [2.45, 2.75) is 12.5 Å². The molecule has 0 saturated carbocycles. The van der Waals surface area contributed by atoms with E-state index in [4.69, 9.17) is 15.0 Å². The third-order valence-corrected chi connectivity index (χ3v) is 2.52. The van der Waals surface area contributed by atoms with Crippen LogP contribution in [-0.2, 0) is 4.74 Å². The number of methoxy groups -OCH3 is 1. The van der Waals surface area contributed by atoms with Crippen molar-refractivity contribution in [3.63, 3.8) is 0 Å². The summed E-state index contributed by atoms with van der Waals surface area (Å²) in [6.07, 6.45) is 0.619. The molecular weight excluding hydrogens is 234 g/mol. The zero-order chi connectivity index (χ0) is 13.0. The van der Waals surface area contributed by atoms with Gasteiger partial charge in [0.05, 0.1) is 6.04 Å². The number of phenols is 1. The number of aromatic nitrogens is 2. The van der Waals surface area contributed by atoms with Crippen LogP contribution < -0.4 is 5.73 Å². The third-order valence-electron chi connectivity index (χ3n) is 2.52. The second-order valence-electron chi connectivity index (χ2n) is 3.89. The Morgan fingerprint density at radius 3 is 2.78 bits per heavy atom. The van der Waals surface area contributed by atoms with Crippen LogP contribution in [0.5, 0.6) is 5.75 Å². The molecule has 0 aliphatic carbocycles. The summed E-state index contributed by atoms with van der Waals surface area (Å²) in [5.74, 6) is 1.03. The van der Waals surface area contributed by atoms with E-state index in [1.54, 1.807) is 31.4 Å². The summed E-state index contributed by atoms with van der Waals surface area (Å²) in [6.45, 7) is 0.540. The highest BCUT2D eigenvalue weighted by atomic mass is 16.5. The lowest BCUT2D eigenvalue weighted by Crippen LogP contribution is -2.12. The summed E-state index contributed by atoms with van der Waals surface area (Å²) in [5.41, 5.74) is 6.65. The fraction of sp³-hybridized carbons (Fsp3) is 0.333. The van der Waals surface area contributed by atoms with Gasteiger partial charge in [-0.2, -0.15) is 4.98 Å². The van der Waals surface area contributed by atoms with Crippen molar-refractivity contribution >= 4 is 0 Å². The molecule has 0 radical (unpaired) electrons. The Labute approximate surface area is 104 Å². The number of nitrogens with two attached hydrogens (primary N) is 1. The molecule has 2 aromatic rings. The zero-order valence-electron chi connectivity index (χ0n) is 10.0. The maximum absolute atomic E-state index is 9.20. The molecule has 1 unspecified atom stereocenters. The summed E-state index contributed by atoms with van der Waals surface area (Å²) in [5, 5.41) is 13.1. The number of hydrogen-bond acceptors (Lipinski definition) is 6. The molecule has 0 bridgehead atoms. The Hall–Kier alpha value is -1.92. The number of benzene rings is 1. The standard InChI is InChI=1S/C12H15N3O3/c1-17-7-6-10(13)12-14-11(15-18-12)8-2-4-9(16)5-3-8/h2-5,10,16H,6-7,13H2,1H3. The van der Waals surface area contributed by atoms with Crippen molar-refractivity contribution < 1.29 is 14.4 Å². The van der Waals surface area contributed by atoms with Gasteiger partial charge in [-0.05, 0) is 30.7 Å². The topological polar surface area (TPSA) is 94.4 Å².